The van der Waals surface area contributed by atoms with E-state index in [0.29, 0.717) is 24.4 Å². The maximum absolute atomic E-state index is 12.3. The minimum absolute atomic E-state index is 0.00338. The smallest absolute Gasteiger partial charge is 0.464 e. The van der Waals surface area contributed by atoms with E-state index in [1.807, 2.05) is 18.2 Å². The highest BCUT2D eigenvalue weighted by Gasteiger charge is 2.42. The molecule has 2 aromatic rings. The van der Waals surface area contributed by atoms with Gasteiger partial charge in [-0.05, 0) is 36.8 Å². The van der Waals surface area contributed by atoms with Gasteiger partial charge in [0.15, 0.2) is 0 Å². The Kier molecular flexibility index (Phi) is 7.02. The third kappa shape index (κ3) is 5.14. The number of furan rings is 1. The molecule has 1 saturated heterocycles. The first-order valence-electron chi connectivity index (χ1n) is 10.7. The number of ether oxygens (including phenoxy) is 1. The molecule has 2 unspecified atom stereocenters. The summed E-state index contributed by atoms with van der Waals surface area (Å²) in [5, 5.41) is 20.9. The second kappa shape index (κ2) is 9.57. The van der Waals surface area contributed by atoms with E-state index in [1.54, 1.807) is 6.07 Å². The zero-order valence-corrected chi connectivity index (χ0v) is 18.2. The lowest BCUT2D eigenvalue weighted by Crippen LogP contribution is -2.54. The van der Waals surface area contributed by atoms with Crippen LogP contribution in [0, 0.1) is 5.92 Å². The molecule has 2 heterocycles. The van der Waals surface area contributed by atoms with Crippen molar-refractivity contribution in [3.8, 4) is 0 Å². The molecule has 1 aromatic heterocycles. The highest BCUT2D eigenvalue weighted by Crippen LogP contribution is 2.33. The van der Waals surface area contributed by atoms with E-state index in [-0.39, 0.29) is 24.9 Å². The molecule has 0 spiro atoms. The number of benzene rings is 1. The van der Waals surface area contributed by atoms with Crippen molar-refractivity contribution >= 4 is 28.4 Å². The van der Waals surface area contributed by atoms with E-state index in [0.717, 1.165) is 42.0 Å². The molecule has 0 amide bonds. The van der Waals surface area contributed by atoms with Crippen molar-refractivity contribution in [2.75, 3.05) is 32.8 Å². The molecule has 4 rings (SSSR count). The third-order valence-electron chi connectivity index (χ3n) is 6.55. The average Bonchev–Trinajstić information content (AvgIpc) is 3.37. The van der Waals surface area contributed by atoms with Crippen molar-refractivity contribution < 1.29 is 32.2 Å². The van der Waals surface area contributed by atoms with Crippen molar-refractivity contribution in [2.45, 2.75) is 37.7 Å². The number of morpholine rings is 1. The fourth-order valence-corrected chi connectivity index (χ4v) is 5.93. The van der Waals surface area contributed by atoms with Gasteiger partial charge in [-0.3, -0.25) is 9.45 Å². The predicted molar refractivity (Wildman–Crippen MR) is 116 cm³/mol. The molecule has 1 aliphatic carbocycles. The van der Waals surface area contributed by atoms with Gasteiger partial charge in [0.1, 0.15) is 5.58 Å². The van der Waals surface area contributed by atoms with Crippen LogP contribution in [0.5, 0.6) is 0 Å². The van der Waals surface area contributed by atoms with Crippen molar-refractivity contribution in [2.24, 2.45) is 5.92 Å². The fraction of sp³-hybridized carbons (Fsp3) is 0.600. The molecule has 1 aromatic carbocycles. The fourth-order valence-electron chi connectivity index (χ4n) is 5.02. The lowest BCUT2D eigenvalue weighted by Gasteiger charge is -2.38. The van der Waals surface area contributed by atoms with Crippen LogP contribution in [0.4, 0.5) is 0 Å². The van der Waals surface area contributed by atoms with Gasteiger partial charge in [-0.1, -0.05) is 24.6 Å². The maximum Gasteiger partial charge on any atom is 0.471 e. The Bertz CT molecular complexity index is 977. The van der Waals surface area contributed by atoms with E-state index >= 15 is 0 Å². The van der Waals surface area contributed by atoms with Crippen molar-refractivity contribution in [3.05, 3.63) is 36.1 Å². The van der Waals surface area contributed by atoms with Gasteiger partial charge in [0.2, 0.25) is 0 Å². The number of fused-ring (bicyclic) bond motifs is 1. The lowest BCUT2D eigenvalue weighted by molar-refractivity contribution is 0.00600. The summed E-state index contributed by atoms with van der Waals surface area (Å²) in [7, 11) is -6.63. The molecule has 0 radical (unpaired) electrons. The van der Waals surface area contributed by atoms with E-state index in [2.05, 4.69) is 4.90 Å². The molecule has 3 N–H and O–H groups in total. The molecular weight excluding hydrogens is 423 g/mol. The zero-order chi connectivity index (χ0) is 22.0. The Morgan fingerprint density at radius 2 is 1.94 bits per heavy atom. The second-order valence-corrected chi connectivity index (χ2v) is 9.76. The van der Waals surface area contributed by atoms with Crippen LogP contribution in [0.3, 0.4) is 0 Å². The van der Waals surface area contributed by atoms with Gasteiger partial charge in [-0.2, -0.15) is 12.7 Å². The second-order valence-electron chi connectivity index (χ2n) is 8.40. The van der Waals surface area contributed by atoms with Crippen molar-refractivity contribution in [1.29, 1.82) is 0 Å². The van der Waals surface area contributed by atoms with Crippen molar-refractivity contribution in [1.82, 2.24) is 9.21 Å². The van der Waals surface area contributed by atoms with Gasteiger partial charge in [0.25, 0.3) is 0 Å². The number of hydrogen-bond donors (Lipinski definition) is 3. The van der Waals surface area contributed by atoms with Crippen LogP contribution < -0.4 is 0 Å². The van der Waals surface area contributed by atoms with Gasteiger partial charge in [0, 0.05) is 31.1 Å². The molecule has 3 atom stereocenters. The number of rotatable bonds is 8. The maximum atomic E-state index is 12.3. The van der Waals surface area contributed by atoms with Gasteiger partial charge in [-0.15, -0.1) is 0 Å². The molecule has 170 valence electrons. The van der Waals surface area contributed by atoms with E-state index < -0.39 is 23.4 Å². The summed E-state index contributed by atoms with van der Waals surface area (Å²) in [5.41, 5.74) is 1.28. The minimum atomic E-state index is -4.67. The Morgan fingerprint density at radius 3 is 2.65 bits per heavy atom. The molecular formula is C20H29BN2O7S. The SMILES string of the molecule is O=S(=O)(O)N(CC1CCCC1N1CCOCC1)[C@@H](Cc1coc2ccccc12)B(O)O. The van der Waals surface area contributed by atoms with E-state index in [9.17, 15) is 23.0 Å². The third-order valence-corrected chi connectivity index (χ3v) is 7.56. The van der Waals surface area contributed by atoms with Crippen molar-refractivity contribution in [3.63, 3.8) is 0 Å². The topological polar surface area (TPSA) is 124 Å². The van der Waals surface area contributed by atoms with Crippen LogP contribution in [-0.4, -0.2) is 84.2 Å². The molecule has 1 saturated carbocycles. The number of hydrogen-bond acceptors (Lipinski definition) is 7. The normalized spacial score (nSPS) is 24.1. The van der Waals surface area contributed by atoms with Crippen LogP contribution in [0.25, 0.3) is 11.0 Å². The molecule has 0 bridgehead atoms. The summed E-state index contributed by atoms with van der Waals surface area (Å²) in [4.78, 5) is 2.32. The van der Waals surface area contributed by atoms with Crippen LogP contribution in [-0.2, 0) is 21.5 Å². The summed E-state index contributed by atoms with van der Waals surface area (Å²) in [6.45, 7) is 2.91. The van der Waals surface area contributed by atoms with Gasteiger partial charge < -0.3 is 19.2 Å². The number of nitrogens with zero attached hydrogens (tertiary/aromatic N) is 2. The Hall–Kier alpha value is -1.47. The molecule has 2 aliphatic rings. The molecule has 2 fully saturated rings. The van der Waals surface area contributed by atoms with Crippen LogP contribution in [0.15, 0.2) is 34.9 Å². The Morgan fingerprint density at radius 1 is 1.19 bits per heavy atom. The first-order valence-corrected chi connectivity index (χ1v) is 12.1. The first kappa shape index (κ1) is 22.7. The largest absolute Gasteiger partial charge is 0.471 e. The Labute approximate surface area is 182 Å². The molecule has 1 aliphatic heterocycles. The standard InChI is InChI=1S/C20H29BN2O7S/c24-21(25)20(12-16-14-30-19-7-2-1-5-17(16)19)23(31(26,27)28)13-15-4-3-6-18(15)22-8-10-29-11-9-22/h1-2,5,7,14-15,18,20,24-25H,3-4,6,8-13H2,(H,26,27,28)/t15?,18?,20-/m0/s1. The molecule has 9 nitrogen and oxygen atoms in total. The van der Waals surface area contributed by atoms with Gasteiger partial charge in [-0.25, -0.2) is 0 Å². The Balaban J connectivity index is 1.57. The summed E-state index contributed by atoms with van der Waals surface area (Å²) in [6, 6.07) is 7.45. The minimum Gasteiger partial charge on any atom is -0.464 e. The summed E-state index contributed by atoms with van der Waals surface area (Å²) in [5.74, 6) is -1.25. The summed E-state index contributed by atoms with van der Waals surface area (Å²) in [6.07, 6.45) is 4.22. The molecule has 11 heteroatoms. The highest BCUT2D eigenvalue weighted by atomic mass is 32.2. The van der Waals surface area contributed by atoms with Gasteiger partial charge >= 0.3 is 17.4 Å². The lowest BCUT2D eigenvalue weighted by atomic mass is 9.75. The highest BCUT2D eigenvalue weighted by molar-refractivity contribution is 7.83. The van der Waals surface area contributed by atoms with Crippen LogP contribution in [0.1, 0.15) is 24.8 Å². The average molecular weight is 452 g/mol. The summed E-state index contributed by atoms with van der Waals surface area (Å²) >= 11 is 0. The van der Waals surface area contributed by atoms with E-state index in [4.69, 9.17) is 9.15 Å². The summed E-state index contributed by atoms with van der Waals surface area (Å²) < 4.78 is 46.5. The monoisotopic (exact) mass is 452 g/mol. The predicted octanol–water partition coefficient (Wildman–Crippen LogP) is 0.962. The first-order chi connectivity index (χ1) is 14.8. The van der Waals surface area contributed by atoms with Crippen LogP contribution in [0.2, 0.25) is 0 Å². The molecule has 31 heavy (non-hydrogen) atoms. The number of para-hydroxylation sites is 1. The van der Waals surface area contributed by atoms with E-state index in [1.165, 1.54) is 6.26 Å². The zero-order valence-electron chi connectivity index (χ0n) is 17.3. The van der Waals surface area contributed by atoms with Crippen LogP contribution >= 0.6 is 0 Å². The quantitative estimate of drug-likeness (QED) is 0.400. The van der Waals surface area contributed by atoms with Gasteiger partial charge in [0.05, 0.1) is 25.4 Å².